The Hall–Kier alpha value is -3.10. The summed E-state index contributed by atoms with van der Waals surface area (Å²) in [6, 6.07) is 32.4. The second-order valence-electron chi connectivity index (χ2n) is 7.67. The minimum Gasteiger partial charge on any atom is -0.324 e. The molecule has 1 N–H and O–H groups in total. The molecule has 178 valence electrons. The molecule has 0 unspecified atom stereocenters. The van der Waals surface area contributed by atoms with E-state index in [4.69, 9.17) is 11.6 Å². The Labute approximate surface area is 214 Å². The van der Waals surface area contributed by atoms with E-state index < -0.39 is 15.9 Å². The number of nitrogens with zero attached hydrogens (tertiary/aromatic N) is 1. The predicted octanol–water partition coefficient (Wildman–Crippen LogP) is 6.32. The molecule has 0 atom stereocenters. The molecule has 0 aliphatic rings. The lowest BCUT2D eigenvalue weighted by Crippen LogP contribution is -2.37. The number of sulfonamides is 1. The maximum absolute atomic E-state index is 13.4. The lowest BCUT2D eigenvalue weighted by atomic mass is 10.2. The molecule has 0 aliphatic heterocycles. The van der Waals surface area contributed by atoms with Gasteiger partial charge < -0.3 is 5.32 Å². The summed E-state index contributed by atoms with van der Waals surface area (Å²) < 4.78 is 28.1. The van der Waals surface area contributed by atoms with Gasteiger partial charge in [0.15, 0.2) is 0 Å². The van der Waals surface area contributed by atoms with Gasteiger partial charge in [0, 0.05) is 21.4 Å². The Balaban J connectivity index is 1.57. The number of para-hydroxylation sites is 1. The van der Waals surface area contributed by atoms with Crippen LogP contribution in [-0.4, -0.2) is 25.2 Å². The SMILES string of the molecule is O=C(CN(Cc1ccccc1)S(=O)(=O)c1ccc(Cl)cc1)Nc1ccccc1Sc1ccccc1. The zero-order chi connectivity index (χ0) is 24.7. The van der Waals surface area contributed by atoms with Crippen molar-refractivity contribution in [2.75, 3.05) is 11.9 Å². The summed E-state index contributed by atoms with van der Waals surface area (Å²) in [5.74, 6) is -0.431. The quantitative estimate of drug-likeness (QED) is 0.279. The molecule has 0 heterocycles. The number of nitrogens with one attached hydrogen (secondary N) is 1. The fourth-order valence-corrected chi connectivity index (χ4v) is 5.83. The summed E-state index contributed by atoms with van der Waals surface area (Å²) in [5.41, 5.74) is 1.40. The maximum atomic E-state index is 13.4. The second kappa shape index (κ2) is 11.6. The Bertz CT molecular complexity index is 1380. The molecule has 0 spiro atoms. The molecule has 4 aromatic rings. The van der Waals surface area contributed by atoms with Crippen LogP contribution in [0.4, 0.5) is 5.69 Å². The summed E-state index contributed by atoms with van der Waals surface area (Å²) >= 11 is 7.47. The first-order chi connectivity index (χ1) is 16.9. The van der Waals surface area contributed by atoms with Crippen molar-refractivity contribution in [1.29, 1.82) is 0 Å². The second-order valence-corrected chi connectivity index (χ2v) is 11.2. The van der Waals surface area contributed by atoms with Crippen molar-refractivity contribution in [3.05, 3.63) is 120 Å². The van der Waals surface area contributed by atoms with E-state index in [2.05, 4.69) is 5.32 Å². The third-order valence-corrected chi connectivity index (χ3v) is 8.25. The van der Waals surface area contributed by atoms with Gasteiger partial charge in [-0.25, -0.2) is 8.42 Å². The molecule has 1 amide bonds. The first-order valence-corrected chi connectivity index (χ1v) is 13.5. The summed E-state index contributed by atoms with van der Waals surface area (Å²) in [4.78, 5) is 15.1. The molecule has 0 radical (unpaired) electrons. The summed E-state index contributed by atoms with van der Waals surface area (Å²) in [6.07, 6.45) is 0. The number of rotatable bonds is 9. The summed E-state index contributed by atoms with van der Waals surface area (Å²) in [6.45, 7) is -0.288. The minimum absolute atomic E-state index is 0.0552. The van der Waals surface area contributed by atoms with Gasteiger partial charge in [-0.1, -0.05) is 84.0 Å². The van der Waals surface area contributed by atoms with Crippen LogP contribution < -0.4 is 5.32 Å². The van der Waals surface area contributed by atoms with Gasteiger partial charge in [-0.15, -0.1) is 0 Å². The van der Waals surface area contributed by atoms with Crippen molar-refractivity contribution >= 4 is 45.0 Å². The highest BCUT2D eigenvalue weighted by molar-refractivity contribution is 7.99. The zero-order valence-corrected chi connectivity index (χ0v) is 21.1. The van der Waals surface area contributed by atoms with Crippen LogP contribution in [-0.2, 0) is 21.4 Å². The number of halogens is 1. The van der Waals surface area contributed by atoms with Crippen LogP contribution in [0.25, 0.3) is 0 Å². The van der Waals surface area contributed by atoms with E-state index in [1.165, 1.54) is 40.3 Å². The van der Waals surface area contributed by atoms with E-state index >= 15 is 0 Å². The van der Waals surface area contributed by atoms with Crippen molar-refractivity contribution in [3.8, 4) is 0 Å². The van der Waals surface area contributed by atoms with Crippen molar-refractivity contribution in [3.63, 3.8) is 0 Å². The van der Waals surface area contributed by atoms with Gasteiger partial charge >= 0.3 is 0 Å². The van der Waals surface area contributed by atoms with Crippen LogP contribution >= 0.6 is 23.4 Å². The van der Waals surface area contributed by atoms with Gasteiger partial charge in [-0.2, -0.15) is 4.31 Å². The minimum atomic E-state index is -3.95. The molecule has 0 saturated carbocycles. The first kappa shape index (κ1) is 25.0. The van der Waals surface area contributed by atoms with Crippen LogP contribution in [0.3, 0.4) is 0 Å². The topological polar surface area (TPSA) is 66.5 Å². The van der Waals surface area contributed by atoms with Gasteiger partial charge in [-0.3, -0.25) is 4.79 Å². The average Bonchev–Trinajstić information content (AvgIpc) is 2.86. The molecule has 4 aromatic carbocycles. The van der Waals surface area contributed by atoms with E-state index in [1.807, 2.05) is 78.9 Å². The molecule has 8 heteroatoms. The molecule has 35 heavy (non-hydrogen) atoms. The highest BCUT2D eigenvalue weighted by Crippen LogP contribution is 2.33. The lowest BCUT2D eigenvalue weighted by molar-refractivity contribution is -0.116. The summed E-state index contributed by atoms with van der Waals surface area (Å²) in [5, 5.41) is 3.33. The fraction of sp³-hybridized carbons (Fsp3) is 0.0741. The maximum Gasteiger partial charge on any atom is 0.243 e. The lowest BCUT2D eigenvalue weighted by Gasteiger charge is -2.22. The predicted molar refractivity (Wildman–Crippen MR) is 141 cm³/mol. The standard InChI is InChI=1S/C27H23ClN2O3S2/c28-22-15-17-24(18-16-22)35(32,33)30(19-21-9-3-1-4-10-21)20-27(31)29-25-13-7-8-14-26(25)34-23-11-5-2-6-12-23/h1-18H,19-20H2,(H,29,31). The van der Waals surface area contributed by atoms with Gasteiger partial charge in [0.2, 0.25) is 15.9 Å². The van der Waals surface area contributed by atoms with Gasteiger partial charge in [0.25, 0.3) is 0 Å². The molecule has 0 aromatic heterocycles. The molecule has 0 fully saturated rings. The summed E-state index contributed by atoms with van der Waals surface area (Å²) in [7, 11) is -3.95. The Morgan fingerprint density at radius 2 is 1.40 bits per heavy atom. The Kier molecular flexibility index (Phi) is 8.25. The molecular formula is C27H23ClN2O3S2. The fourth-order valence-electron chi connectivity index (χ4n) is 3.39. The smallest absolute Gasteiger partial charge is 0.243 e. The van der Waals surface area contributed by atoms with Crippen molar-refractivity contribution in [1.82, 2.24) is 4.31 Å². The number of hydrogen-bond donors (Lipinski definition) is 1. The molecule has 0 bridgehead atoms. The van der Waals surface area contributed by atoms with E-state index in [0.29, 0.717) is 10.7 Å². The third kappa shape index (κ3) is 6.74. The average molecular weight is 523 g/mol. The molecule has 5 nitrogen and oxygen atoms in total. The van der Waals surface area contributed by atoms with Gasteiger partial charge in [0.05, 0.1) is 17.1 Å². The van der Waals surface area contributed by atoms with Crippen LogP contribution in [0.5, 0.6) is 0 Å². The van der Waals surface area contributed by atoms with Crippen molar-refractivity contribution < 1.29 is 13.2 Å². The largest absolute Gasteiger partial charge is 0.324 e. The van der Waals surface area contributed by atoms with Gasteiger partial charge in [0.1, 0.15) is 0 Å². The Morgan fingerprint density at radius 3 is 2.09 bits per heavy atom. The van der Waals surface area contributed by atoms with Crippen LogP contribution in [0, 0.1) is 0 Å². The molecule has 4 rings (SSSR count). The zero-order valence-electron chi connectivity index (χ0n) is 18.7. The number of benzene rings is 4. The highest BCUT2D eigenvalue weighted by atomic mass is 35.5. The number of carbonyl (C=O) groups excluding carboxylic acids is 1. The first-order valence-electron chi connectivity index (χ1n) is 10.8. The molecule has 0 saturated heterocycles. The monoisotopic (exact) mass is 522 g/mol. The molecular weight excluding hydrogens is 500 g/mol. The van der Waals surface area contributed by atoms with E-state index in [0.717, 1.165) is 15.4 Å². The Morgan fingerprint density at radius 1 is 0.800 bits per heavy atom. The van der Waals surface area contributed by atoms with Crippen LogP contribution in [0.1, 0.15) is 5.56 Å². The van der Waals surface area contributed by atoms with E-state index in [9.17, 15) is 13.2 Å². The number of anilines is 1. The number of carbonyl (C=O) groups is 1. The van der Waals surface area contributed by atoms with Crippen LogP contribution in [0.15, 0.2) is 124 Å². The van der Waals surface area contributed by atoms with E-state index in [-0.39, 0.29) is 18.0 Å². The highest BCUT2D eigenvalue weighted by Gasteiger charge is 2.27. The van der Waals surface area contributed by atoms with Gasteiger partial charge in [-0.05, 0) is 54.1 Å². The van der Waals surface area contributed by atoms with Crippen LogP contribution in [0.2, 0.25) is 5.02 Å². The third-order valence-electron chi connectivity index (χ3n) is 5.11. The van der Waals surface area contributed by atoms with E-state index in [1.54, 1.807) is 6.07 Å². The molecule has 0 aliphatic carbocycles. The van der Waals surface area contributed by atoms with Crippen molar-refractivity contribution in [2.24, 2.45) is 0 Å². The normalized spacial score (nSPS) is 11.4. The number of hydrogen-bond acceptors (Lipinski definition) is 4. The number of amides is 1. The van der Waals surface area contributed by atoms with Crippen molar-refractivity contribution in [2.45, 2.75) is 21.2 Å².